The van der Waals surface area contributed by atoms with E-state index in [0.717, 1.165) is 0 Å². The molecule has 0 rings (SSSR count). The molecule has 0 aromatic rings. The van der Waals surface area contributed by atoms with Crippen molar-refractivity contribution in [1.29, 1.82) is 0 Å². The van der Waals surface area contributed by atoms with E-state index in [1.54, 1.807) is 0 Å². The summed E-state index contributed by atoms with van der Waals surface area (Å²) in [6.45, 7) is 3.29. The van der Waals surface area contributed by atoms with E-state index in [4.69, 9.17) is 0 Å². The summed E-state index contributed by atoms with van der Waals surface area (Å²) in [5.41, 5.74) is 0. The van der Waals surface area contributed by atoms with Crippen molar-refractivity contribution in [2.75, 3.05) is 13.2 Å². The monoisotopic (exact) mass is 94.1 g/mol. The molecule has 7 heavy (non-hydrogen) atoms. The largest absolute Gasteiger partial charge is 1.00 e. The molecule has 0 unspecified atom stereocenters. The molecule has 3 heteroatoms. The number of hydrogen-bond donors (Lipinski definition) is 0. The Balaban J connectivity index is 0. The molecule has 0 aromatic heterocycles. The second-order valence-electron chi connectivity index (χ2n) is 0.742. The van der Waals surface area contributed by atoms with Crippen molar-refractivity contribution in [3.63, 3.8) is 0 Å². The summed E-state index contributed by atoms with van der Waals surface area (Å²) in [5.74, 6) is 0. The van der Waals surface area contributed by atoms with E-state index in [-0.39, 0.29) is 32.1 Å². The first-order valence-electron chi connectivity index (χ1n) is 1.72. The molecule has 0 aliphatic heterocycles. The zero-order valence-corrected chi connectivity index (χ0v) is 4.52. The van der Waals surface area contributed by atoms with Crippen LogP contribution in [-0.2, 0) is 4.74 Å². The molecule has 0 heterocycles. The molecule has 0 aliphatic carbocycles. The van der Waals surface area contributed by atoms with Gasteiger partial charge in [-0.15, -0.1) is 6.61 Å². The predicted molar refractivity (Wildman–Crippen MR) is 21.0 cm³/mol. The molecule has 0 bridgehead atoms. The van der Waals surface area contributed by atoms with Gasteiger partial charge in [0.15, 0.2) is 0 Å². The molecular weight excluding hydrogens is 87.0 g/mol. The van der Waals surface area contributed by atoms with E-state index < -0.39 is 0 Å². The summed E-state index contributed by atoms with van der Waals surface area (Å²) in [5, 5.41) is 9.52. The van der Waals surface area contributed by atoms with Crippen LogP contribution in [0.3, 0.4) is 0 Å². The van der Waals surface area contributed by atoms with Gasteiger partial charge in [-0.05, 0) is 0 Å². The van der Waals surface area contributed by atoms with Crippen molar-refractivity contribution < 1.29 is 28.7 Å². The first kappa shape index (κ1) is 10.2. The van der Waals surface area contributed by atoms with Gasteiger partial charge in [0.2, 0.25) is 0 Å². The van der Waals surface area contributed by atoms with Gasteiger partial charge in [-0.25, -0.2) is 0 Å². The van der Waals surface area contributed by atoms with Crippen LogP contribution in [0.1, 0.15) is 0 Å². The molecule has 0 aromatic carbocycles. The van der Waals surface area contributed by atoms with Crippen LogP contribution in [0.5, 0.6) is 0 Å². The molecular formula is C4H7LiO2. The summed E-state index contributed by atoms with van der Waals surface area (Å²) in [7, 11) is 0. The molecule has 36 valence electrons. The van der Waals surface area contributed by atoms with Crippen LogP contribution in [0.15, 0.2) is 12.8 Å². The van der Waals surface area contributed by atoms with Gasteiger partial charge in [0.1, 0.15) is 0 Å². The van der Waals surface area contributed by atoms with Crippen molar-refractivity contribution in [3.05, 3.63) is 12.8 Å². The minimum atomic E-state index is -0.188. The van der Waals surface area contributed by atoms with Gasteiger partial charge in [0, 0.05) is 0 Å². The Morgan fingerprint density at radius 1 is 1.71 bits per heavy atom. The fourth-order valence-corrected chi connectivity index (χ4v) is 0.131. The van der Waals surface area contributed by atoms with Crippen LogP contribution in [0.25, 0.3) is 0 Å². The smallest absolute Gasteiger partial charge is 0.852 e. The van der Waals surface area contributed by atoms with Gasteiger partial charge in [-0.2, -0.15) is 0 Å². The zero-order chi connectivity index (χ0) is 4.83. The zero-order valence-electron chi connectivity index (χ0n) is 4.52. The van der Waals surface area contributed by atoms with E-state index in [2.05, 4.69) is 11.3 Å². The van der Waals surface area contributed by atoms with Crippen LogP contribution in [0.2, 0.25) is 0 Å². The average Bonchev–Trinajstić information content (AvgIpc) is 1.61. The number of ether oxygens (including phenoxy) is 1. The molecule has 0 atom stereocenters. The van der Waals surface area contributed by atoms with Crippen LogP contribution in [0.4, 0.5) is 0 Å². The molecule has 0 saturated carbocycles. The van der Waals surface area contributed by atoms with Gasteiger partial charge >= 0.3 is 18.9 Å². The molecule has 0 amide bonds. The van der Waals surface area contributed by atoms with Crippen molar-refractivity contribution in [1.82, 2.24) is 0 Å². The molecule has 0 spiro atoms. The normalized spacial score (nSPS) is 6.43. The van der Waals surface area contributed by atoms with Gasteiger partial charge in [-0.1, -0.05) is 6.58 Å². The second-order valence-corrected chi connectivity index (χ2v) is 0.742. The van der Waals surface area contributed by atoms with E-state index >= 15 is 0 Å². The van der Waals surface area contributed by atoms with Gasteiger partial charge in [0.25, 0.3) is 0 Å². The Morgan fingerprint density at radius 3 is 2.43 bits per heavy atom. The maximum absolute atomic E-state index is 9.52. The fourth-order valence-electron chi connectivity index (χ4n) is 0.131. The standard InChI is InChI=1S/C4H7O2.Li/c1-2-6-4-3-5;/h2H,1,3-4H2;/q-1;+1. The van der Waals surface area contributed by atoms with Gasteiger partial charge in [0.05, 0.1) is 12.9 Å². The van der Waals surface area contributed by atoms with Crippen LogP contribution >= 0.6 is 0 Å². The average molecular weight is 94.0 g/mol. The summed E-state index contributed by atoms with van der Waals surface area (Å²) >= 11 is 0. The summed E-state index contributed by atoms with van der Waals surface area (Å²) in [6.07, 6.45) is 1.26. The Bertz CT molecular complexity index is 38.7. The predicted octanol–water partition coefficient (Wildman–Crippen LogP) is -3.49. The van der Waals surface area contributed by atoms with E-state index in [9.17, 15) is 5.11 Å². The molecule has 0 fully saturated rings. The molecule has 0 radical (unpaired) electrons. The van der Waals surface area contributed by atoms with E-state index in [1.807, 2.05) is 0 Å². The molecule has 0 aliphatic rings. The number of hydrogen-bond acceptors (Lipinski definition) is 2. The quantitative estimate of drug-likeness (QED) is 0.206. The third kappa shape index (κ3) is 10.7. The third-order valence-electron chi connectivity index (χ3n) is 0.319. The van der Waals surface area contributed by atoms with Crippen molar-refractivity contribution in [2.24, 2.45) is 0 Å². The summed E-state index contributed by atoms with van der Waals surface area (Å²) < 4.78 is 4.43. The van der Waals surface area contributed by atoms with Crippen LogP contribution in [0, 0.1) is 0 Å². The summed E-state index contributed by atoms with van der Waals surface area (Å²) in [6, 6.07) is 0. The first-order valence-corrected chi connectivity index (χ1v) is 1.72. The molecule has 0 N–H and O–H groups in total. The maximum atomic E-state index is 9.52. The number of rotatable bonds is 3. The topological polar surface area (TPSA) is 32.3 Å². The van der Waals surface area contributed by atoms with Crippen molar-refractivity contribution >= 4 is 0 Å². The maximum Gasteiger partial charge on any atom is 1.00 e. The third-order valence-corrected chi connectivity index (χ3v) is 0.319. The minimum Gasteiger partial charge on any atom is -0.852 e. The minimum absolute atomic E-state index is 0. The Kier molecular flexibility index (Phi) is 13.7. The Morgan fingerprint density at radius 2 is 2.29 bits per heavy atom. The summed E-state index contributed by atoms with van der Waals surface area (Å²) in [4.78, 5) is 0. The Hall–Kier alpha value is 0.0974. The van der Waals surface area contributed by atoms with Crippen LogP contribution < -0.4 is 24.0 Å². The van der Waals surface area contributed by atoms with Gasteiger partial charge < -0.3 is 9.84 Å². The van der Waals surface area contributed by atoms with Crippen LogP contribution in [-0.4, -0.2) is 13.2 Å². The Labute approximate surface area is 55.3 Å². The SMILES string of the molecule is C=COCC[O-].[Li+]. The van der Waals surface area contributed by atoms with Crippen molar-refractivity contribution in [3.8, 4) is 0 Å². The second kappa shape index (κ2) is 9.44. The molecule has 2 nitrogen and oxygen atoms in total. The van der Waals surface area contributed by atoms with Crippen molar-refractivity contribution in [2.45, 2.75) is 0 Å². The van der Waals surface area contributed by atoms with E-state index in [1.165, 1.54) is 6.26 Å². The molecule has 0 saturated heterocycles. The van der Waals surface area contributed by atoms with E-state index in [0.29, 0.717) is 0 Å². The fraction of sp³-hybridized carbons (Fsp3) is 0.500. The van der Waals surface area contributed by atoms with Gasteiger partial charge in [-0.3, -0.25) is 0 Å². The first-order chi connectivity index (χ1) is 2.91.